The Hall–Kier alpha value is -2.17. The Balaban J connectivity index is 2.50. The van der Waals surface area contributed by atoms with Gasteiger partial charge < -0.3 is 5.32 Å². The zero-order chi connectivity index (χ0) is 16.5. The van der Waals surface area contributed by atoms with E-state index in [2.05, 4.69) is 15.8 Å². The van der Waals surface area contributed by atoms with Gasteiger partial charge in [0.1, 0.15) is 0 Å². The molecule has 22 heavy (non-hydrogen) atoms. The molecule has 0 spiro atoms. The number of anilines is 1. The van der Waals surface area contributed by atoms with Crippen LogP contribution in [0.2, 0.25) is 0 Å². The van der Waals surface area contributed by atoms with E-state index in [0.29, 0.717) is 12.1 Å². The molecule has 2 N–H and O–H groups in total. The van der Waals surface area contributed by atoms with Crippen molar-refractivity contribution in [2.45, 2.75) is 53.4 Å². The van der Waals surface area contributed by atoms with E-state index in [1.54, 1.807) is 6.92 Å². The maximum Gasteiger partial charge on any atom is 0.240 e. The van der Waals surface area contributed by atoms with Gasteiger partial charge in [0, 0.05) is 17.8 Å². The molecule has 1 aromatic rings. The molecule has 0 aliphatic carbocycles. The molecule has 0 aliphatic rings. The highest BCUT2D eigenvalue weighted by molar-refractivity contribution is 6.06. The lowest BCUT2D eigenvalue weighted by molar-refractivity contribution is -0.121. The minimum atomic E-state index is -0.141. The van der Waals surface area contributed by atoms with Gasteiger partial charge in [0.2, 0.25) is 11.8 Å². The molecule has 0 bridgehead atoms. The molecule has 0 atom stereocenters. The molecular formula is C17H25N3O2. The van der Waals surface area contributed by atoms with Crippen LogP contribution in [0, 0.1) is 13.8 Å². The third-order valence-electron chi connectivity index (χ3n) is 3.42. The molecule has 2 amide bonds. The zero-order valence-corrected chi connectivity index (χ0v) is 13.8. The molecule has 1 rings (SSSR count). The Bertz CT molecular complexity index is 565. The van der Waals surface area contributed by atoms with Gasteiger partial charge in [-0.25, -0.2) is 5.43 Å². The number of carbonyl (C=O) groups excluding carboxylic acids is 2. The number of hydrazone groups is 1. The third-order valence-corrected chi connectivity index (χ3v) is 3.42. The number of nitrogens with zero attached hydrogens (tertiary/aromatic N) is 1. The van der Waals surface area contributed by atoms with E-state index < -0.39 is 0 Å². The second kappa shape index (κ2) is 8.97. The number of hydrogen-bond donors (Lipinski definition) is 2. The normalized spacial score (nSPS) is 11.2. The van der Waals surface area contributed by atoms with Gasteiger partial charge in [-0.1, -0.05) is 25.5 Å². The lowest BCUT2D eigenvalue weighted by Crippen LogP contribution is -2.21. The van der Waals surface area contributed by atoms with Crippen LogP contribution in [0.25, 0.3) is 0 Å². The van der Waals surface area contributed by atoms with Crippen LogP contribution in [0.5, 0.6) is 0 Å². The summed E-state index contributed by atoms with van der Waals surface area (Å²) < 4.78 is 0. The van der Waals surface area contributed by atoms with Crippen molar-refractivity contribution in [3.63, 3.8) is 0 Å². The topological polar surface area (TPSA) is 70.6 Å². The molecule has 5 nitrogen and oxygen atoms in total. The van der Waals surface area contributed by atoms with Crippen molar-refractivity contribution in [2.75, 3.05) is 5.32 Å². The van der Waals surface area contributed by atoms with Crippen molar-refractivity contribution in [2.24, 2.45) is 5.10 Å². The minimum Gasteiger partial charge on any atom is -0.326 e. The van der Waals surface area contributed by atoms with Gasteiger partial charge in [0.25, 0.3) is 0 Å². The number of amides is 2. The summed E-state index contributed by atoms with van der Waals surface area (Å²) in [7, 11) is 0. The highest BCUT2D eigenvalue weighted by atomic mass is 16.2. The van der Waals surface area contributed by atoms with Crippen molar-refractivity contribution >= 4 is 23.2 Å². The molecular weight excluding hydrogens is 278 g/mol. The maximum absolute atomic E-state index is 12.0. The molecule has 0 aromatic heterocycles. The molecule has 5 heteroatoms. The second-order valence-corrected chi connectivity index (χ2v) is 5.46. The van der Waals surface area contributed by atoms with Crippen molar-refractivity contribution in [3.05, 3.63) is 29.3 Å². The number of carbonyl (C=O) groups is 2. The second-order valence-electron chi connectivity index (χ2n) is 5.46. The Morgan fingerprint density at radius 1 is 1.18 bits per heavy atom. The predicted octanol–water partition coefficient (Wildman–Crippen LogP) is 3.31. The summed E-state index contributed by atoms with van der Waals surface area (Å²) in [5.41, 5.74) is 6.05. The Labute approximate surface area is 132 Å². The van der Waals surface area contributed by atoms with Crippen LogP contribution in [-0.4, -0.2) is 17.5 Å². The molecule has 0 aliphatic heterocycles. The summed E-state index contributed by atoms with van der Waals surface area (Å²) in [6, 6.07) is 5.79. The average Bonchev–Trinajstić information content (AvgIpc) is 2.47. The van der Waals surface area contributed by atoms with E-state index in [4.69, 9.17) is 0 Å². The van der Waals surface area contributed by atoms with Gasteiger partial charge in [-0.05, 0) is 44.4 Å². The molecule has 0 saturated heterocycles. The molecule has 0 unspecified atom stereocenters. The van der Waals surface area contributed by atoms with Crippen LogP contribution in [0.15, 0.2) is 23.3 Å². The molecule has 0 fully saturated rings. The third kappa shape index (κ3) is 6.08. The average molecular weight is 303 g/mol. The van der Waals surface area contributed by atoms with Gasteiger partial charge in [0.15, 0.2) is 0 Å². The van der Waals surface area contributed by atoms with Gasteiger partial charge in [-0.15, -0.1) is 0 Å². The lowest BCUT2D eigenvalue weighted by atomic mass is 10.1. The van der Waals surface area contributed by atoms with Gasteiger partial charge in [-0.2, -0.15) is 5.10 Å². The van der Waals surface area contributed by atoms with Gasteiger partial charge in [-0.3, -0.25) is 9.59 Å². The first-order valence-electron chi connectivity index (χ1n) is 7.62. The first-order chi connectivity index (χ1) is 10.4. The van der Waals surface area contributed by atoms with E-state index in [1.165, 1.54) is 0 Å². The van der Waals surface area contributed by atoms with Crippen molar-refractivity contribution in [3.8, 4) is 0 Å². The van der Waals surface area contributed by atoms with Crippen molar-refractivity contribution < 1.29 is 9.59 Å². The highest BCUT2D eigenvalue weighted by Gasteiger charge is 2.08. The predicted molar refractivity (Wildman–Crippen MR) is 89.9 cm³/mol. The zero-order valence-electron chi connectivity index (χ0n) is 13.8. The Morgan fingerprint density at radius 3 is 2.59 bits per heavy atom. The number of benzene rings is 1. The van der Waals surface area contributed by atoms with E-state index in [0.717, 1.165) is 29.7 Å². The van der Waals surface area contributed by atoms with Gasteiger partial charge >= 0.3 is 0 Å². The summed E-state index contributed by atoms with van der Waals surface area (Å²) in [6.45, 7) is 7.73. The fourth-order valence-electron chi connectivity index (χ4n) is 1.90. The summed E-state index contributed by atoms with van der Waals surface area (Å²) >= 11 is 0. The fraction of sp³-hybridized carbons (Fsp3) is 0.471. The fourth-order valence-corrected chi connectivity index (χ4v) is 1.90. The van der Waals surface area contributed by atoms with Crippen LogP contribution < -0.4 is 10.7 Å². The minimum absolute atomic E-state index is 0.115. The van der Waals surface area contributed by atoms with Crippen molar-refractivity contribution in [1.82, 2.24) is 5.43 Å². The molecule has 0 radical (unpaired) electrons. The number of nitrogens with one attached hydrogen (secondary N) is 2. The van der Waals surface area contributed by atoms with E-state index in [-0.39, 0.29) is 18.2 Å². The van der Waals surface area contributed by atoms with E-state index in [1.807, 2.05) is 39.0 Å². The van der Waals surface area contributed by atoms with Gasteiger partial charge in [0.05, 0.1) is 6.42 Å². The smallest absolute Gasteiger partial charge is 0.240 e. The molecule has 120 valence electrons. The first-order valence-corrected chi connectivity index (χ1v) is 7.62. The van der Waals surface area contributed by atoms with Crippen LogP contribution in [0.1, 0.15) is 50.7 Å². The summed E-state index contributed by atoms with van der Waals surface area (Å²) in [5.74, 6) is -0.256. The molecule has 0 saturated carbocycles. The monoisotopic (exact) mass is 303 g/mol. The number of rotatable bonds is 7. The number of hydrogen-bond acceptors (Lipinski definition) is 3. The molecule has 1 aromatic carbocycles. The maximum atomic E-state index is 12.0. The van der Waals surface area contributed by atoms with Crippen LogP contribution in [0.4, 0.5) is 5.69 Å². The molecule has 0 heterocycles. The Morgan fingerprint density at radius 2 is 1.91 bits per heavy atom. The number of aryl methyl sites for hydroxylation is 1. The highest BCUT2D eigenvalue weighted by Crippen LogP contribution is 2.18. The van der Waals surface area contributed by atoms with Crippen LogP contribution in [-0.2, 0) is 9.59 Å². The quantitative estimate of drug-likeness (QED) is 0.599. The van der Waals surface area contributed by atoms with Crippen LogP contribution >= 0.6 is 0 Å². The first kappa shape index (κ1) is 17.9. The largest absolute Gasteiger partial charge is 0.326 e. The SMILES string of the molecule is CCCCC(=O)N/N=C(\C)CC(=O)Nc1cccc(C)c1C. The van der Waals surface area contributed by atoms with Crippen molar-refractivity contribution in [1.29, 1.82) is 0 Å². The number of unbranched alkanes of at least 4 members (excludes halogenated alkanes) is 1. The van der Waals surface area contributed by atoms with E-state index in [9.17, 15) is 9.59 Å². The standard InChI is InChI=1S/C17H25N3O2/c1-5-6-10-16(21)20-19-13(3)11-17(22)18-15-9-7-8-12(2)14(15)4/h7-9H,5-6,10-11H2,1-4H3,(H,18,22)(H,20,21)/b19-13+. The summed E-state index contributed by atoms with van der Waals surface area (Å²) in [5, 5.41) is 6.83. The lowest BCUT2D eigenvalue weighted by Gasteiger charge is -2.10. The Kier molecular flexibility index (Phi) is 7.29. The van der Waals surface area contributed by atoms with E-state index >= 15 is 0 Å². The summed E-state index contributed by atoms with van der Waals surface area (Å²) in [4.78, 5) is 23.4. The van der Waals surface area contributed by atoms with Crippen LogP contribution in [0.3, 0.4) is 0 Å². The summed E-state index contributed by atoms with van der Waals surface area (Å²) in [6.07, 6.45) is 2.42.